The van der Waals surface area contributed by atoms with E-state index in [0.29, 0.717) is 19.3 Å². The molecule has 0 aliphatic carbocycles. The number of carbonyl (C=O) groups excluding carboxylic acids is 2. The third kappa shape index (κ3) is 4.06. The Balaban J connectivity index is 5.19. The van der Waals surface area contributed by atoms with Crippen LogP contribution in [-0.2, 0) is 19.1 Å². The average Bonchev–Trinajstić information content (AvgIpc) is 2.35. The number of ether oxygens (including phenoxy) is 2. The van der Waals surface area contributed by atoms with E-state index in [1.165, 1.54) is 0 Å². The molecule has 0 aromatic carbocycles. The zero-order valence-electron chi connectivity index (χ0n) is 11.5. The fraction of sp³-hybridized carbons (Fsp3) is 0.714. The van der Waals surface area contributed by atoms with Crippen LogP contribution in [0.4, 0.5) is 0 Å². The van der Waals surface area contributed by atoms with Crippen molar-refractivity contribution in [2.75, 3.05) is 13.2 Å². The molecule has 0 saturated carbocycles. The molecule has 0 aromatic rings. The molecule has 0 bridgehead atoms. The van der Waals surface area contributed by atoms with Crippen LogP contribution in [0.15, 0.2) is 0 Å². The summed E-state index contributed by atoms with van der Waals surface area (Å²) in [6.45, 7) is 5.80. The minimum atomic E-state index is -1.24. The van der Waals surface area contributed by atoms with Crippen molar-refractivity contribution >= 4 is 11.9 Å². The fourth-order valence-electron chi connectivity index (χ4n) is 1.87. The molecule has 0 aliphatic rings. The van der Waals surface area contributed by atoms with Crippen molar-refractivity contribution in [2.45, 2.75) is 46.5 Å². The quantitative estimate of drug-likeness (QED) is 0.379. The van der Waals surface area contributed by atoms with Crippen LogP contribution in [0.5, 0.6) is 0 Å². The third-order valence-corrected chi connectivity index (χ3v) is 2.71. The zero-order valence-corrected chi connectivity index (χ0v) is 11.5. The smallest absolute Gasteiger partial charge is 0.323 e. The van der Waals surface area contributed by atoms with Crippen molar-refractivity contribution in [3.8, 4) is 12.3 Å². The van der Waals surface area contributed by atoms with Crippen molar-refractivity contribution in [3.05, 3.63) is 0 Å². The minimum Gasteiger partial charge on any atom is -0.465 e. The summed E-state index contributed by atoms with van der Waals surface area (Å²) in [5.74, 6) is 1.41. The van der Waals surface area contributed by atoms with Gasteiger partial charge in [-0.1, -0.05) is 13.3 Å². The summed E-state index contributed by atoms with van der Waals surface area (Å²) in [7, 11) is 0. The van der Waals surface area contributed by atoms with Gasteiger partial charge in [-0.3, -0.25) is 9.59 Å². The van der Waals surface area contributed by atoms with E-state index >= 15 is 0 Å². The first kappa shape index (κ1) is 16.5. The van der Waals surface area contributed by atoms with Crippen LogP contribution in [0.2, 0.25) is 0 Å². The largest absolute Gasteiger partial charge is 0.465 e. The van der Waals surface area contributed by atoms with Crippen LogP contribution < -0.4 is 0 Å². The van der Waals surface area contributed by atoms with E-state index in [4.69, 9.17) is 15.9 Å². The molecule has 0 fully saturated rings. The molecule has 0 N–H and O–H groups in total. The Hall–Kier alpha value is -1.50. The maximum Gasteiger partial charge on any atom is 0.323 e. The molecule has 0 unspecified atom stereocenters. The lowest BCUT2D eigenvalue weighted by Crippen LogP contribution is -2.42. The molecule has 0 rings (SSSR count). The average molecular weight is 254 g/mol. The van der Waals surface area contributed by atoms with E-state index in [9.17, 15) is 9.59 Å². The van der Waals surface area contributed by atoms with Gasteiger partial charge in [-0.15, -0.1) is 12.3 Å². The molecule has 0 radical (unpaired) electrons. The SMILES string of the molecule is C#CCCC(CCC)(C(=O)OCC)C(=O)OCC. The molecule has 0 amide bonds. The summed E-state index contributed by atoms with van der Waals surface area (Å²) in [5.41, 5.74) is -1.24. The molecular weight excluding hydrogens is 232 g/mol. The Morgan fingerprint density at radius 3 is 1.89 bits per heavy atom. The van der Waals surface area contributed by atoms with Crippen molar-refractivity contribution in [1.82, 2.24) is 0 Å². The van der Waals surface area contributed by atoms with Gasteiger partial charge in [-0.25, -0.2) is 0 Å². The summed E-state index contributed by atoms with van der Waals surface area (Å²) >= 11 is 0. The first-order valence-corrected chi connectivity index (χ1v) is 6.36. The molecule has 4 nitrogen and oxygen atoms in total. The molecule has 0 spiro atoms. The number of carbonyl (C=O) groups is 2. The number of hydrogen-bond acceptors (Lipinski definition) is 4. The monoisotopic (exact) mass is 254 g/mol. The van der Waals surface area contributed by atoms with Crippen LogP contribution >= 0.6 is 0 Å². The van der Waals surface area contributed by atoms with Crippen molar-refractivity contribution in [3.63, 3.8) is 0 Å². The number of terminal acetylenes is 1. The molecule has 0 atom stereocenters. The van der Waals surface area contributed by atoms with Crippen molar-refractivity contribution in [2.24, 2.45) is 5.41 Å². The van der Waals surface area contributed by atoms with E-state index in [-0.39, 0.29) is 19.6 Å². The second-order valence-corrected chi connectivity index (χ2v) is 3.98. The Bertz CT molecular complexity index is 296. The molecule has 18 heavy (non-hydrogen) atoms. The first-order valence-electron chi connectivity index (χ1n) is 6.36. The normalized spacial score (nSPS) is 10.6. The van der Waals surface area contributed by atoms with Crippen molar-refractivity contribution in [1.29, 1.82) is 0 Å². The topological polar surface area (TPSA) is 52.6 Å². The predicted molar refractivity (Wildman–Crippen MR) is 68.7 cm³/mol. The number of hydrogen-bond donors (Lipinski definition) is 0. The lowest BCUT2D eigenvalue weighted by atomic mass is 9.79. The first-order chi connectivity index (χ1) is 8.58. The maximum absolute atomic E-state index is 12.1. The highest BCUT2D eigenvalue weighted by molar-refractivity contribution is 6.00. The van der Waals surface area contributed by atoms with Crippen LogP contribution in [0.3, 0.4) is 0 Å². The molecule has 0 aliphatic heterocycles. The Kier molecular flexibility index (Phi) is 7.86. The van der Waals surface area contributed by atoms with Gasteiger partial charge < -0.3 is 9.47 Å². The Morgan fingerprint density at radius 2 is 1.56 bits per heavy atom. The van der Waals surface area contributed by atoms with Crippen LogP contribution in [0, 0.1) is 17.8 Å². The molecule has 4 heteroatoms. The summed E-state index contributed by atoms with van der Waals surface area (Å²) in [6.07, 6.45) is 6.92. The van der Waals surface area contributed by atoms with Crippen LogP contribution in [0.25, 0.3) is 0 Å². The van der Waals surface area contributed by atoms with E-state index in [0.717, 1.165) is 0 Å². The summed E-state index contributed by atoms with van der Waals surface area (Å²) < 4.78 is 10.0. The van der Waals surface area contributed by atoms with Gasteiger partial charge in [0.1, 0.15) is 0 Å². The van der Waals surface area contributed by atoms with Gasteiger partial charge in [0.15, 0.2) is 5.41 Å². The molecule has 102 valence electrons. The van der Waals surface area contributed by atoms with Gasteiger partial charge >= 0.3 is 11.9 Å². The van der Waals surface area contributed by atoms with E-state index in [2.05, 4.69) is 5.92 Å². The minimum absolute atomic E-state index is 0.236. The van der Waals surface area contributed by atoms with Gasteiger partial charge in [0.25, 0.3) is 0 Å². The second-order valence-electron chi connectivity index (χ2n) is 3.98. The molecule has 0 saturated heterocycles. The molecular formula is C14H22O4. The fourth-order valence-corrected chi connectivity index (χ4v) is 1.87. The Morgan fingerprint density at radius 1 is 1.06 bits per heavy atom. The van der Waals surface area contributed by atoms with Gasteiger partial charge in [0.2, 0.25) is 0 Å². The summed E-state index contributed by atoms with van der Waals surface area (Å²) in [5, 5.41) is 0. The summed E-state index contributed by atoms with van der Waals surface area (Å²) in [4.78, 5) is 24.2. The lowest BCUT2D eigenvalue weighted by molar-refractivity contribution is -0.173. The van der Waals surface area contributed by atoms with E-state index in [1.54, 1.807) is 13.8 Å². The highest BCUT2D eigenvalue weighted by Gasteiger charge is 2.47. The predicted octanol–water partition coefficient (Wildman–Crippen LogP) is 2.31. The van der Waals surface area contributed by atoms with Gasteiger partial charge in [0.05, 0.1) is 13.2 Å². The van der Waals surface area contributed by atoms with Gasteiger partial charge in [-0.2, -0.15) is 0 Å². The third-order valence-electron chi connectivity index (χ3n) is 2.71. The standard InChI is InChI=1S/C14H22O4/c1-5-9-11-14(10-6-2,12(15)17-7-3)13(16)18-8-4/h1H,6-11H2,2-4H3. The Labute approximate surface area is 109 Å². The molecule has 0 aromatic heterocycles. The zero-order chi connectivity index (χ0) is 14.0. The highest BCUT2D eigenvalue weighted by atomic mass is 16.6. The van der Waals surface area contributed by atoms with Crippen LogP contribution in [-0.4, -0.2) is 25.2 Å². The highest BCUT2D eigenvalue weighted by Crippen LogP contribution is 2.33. The summed E-state index contributed by atoms with van der Waals surface area (Å²) in [6, 6.07) is 0. The van der Waals surface area contributed by atoms with Gasteiger partial charge in [0, 0.05) is 6.42 Å². The molecule has 0 heterocycles. The maximum atomic E-state index is 12.1. The lowest BCUT2D eigenvalue weighted by Gasteiger charge is -2.28. The number of rotatable bonds is 8. The second kappa shape index (κ2) is 8.57. The van der Waals surface area contributed by atoms with E-state index < -0.39 is 17.4 Å². The van der Waals surface area contributed by atoms with Crippen molar-refractivity contribution < 1.29 is 19.1 Å². The number of esters is 2. The van der Waals surface area contributed by atoms with Gasteiger partial charge in [-0.05, 0) is 26.7 Å². The van der Waals surface area contributed by atoms with E-state index in [1.807, 2.05) is 6.92 Å². The van der Waals surface area contributed by atoms with Crippen LogP contribution in [0.1, 0.15) is 46.5 Å².